The second kappa shape index (κ2) is 11.1. The lowest BCUT2D eigenvalue weighted by molar-refractivity contribution is -0.130. The van der Waals surface area contributed by atoms with Crippen LogP contribution in [0.1, 0.15) is 59.8 Å². The van der Waals surface area contributed by atoms with Gasteiger partial charge < -0.3 is 15.3 Å². The van der Waals surface area contributed by atoms with Gasteiger partial charge in [-0.3, -0.25) is 19.5 Å². The smallest absolute Gasteiger partial charge is 0.251 e. The second-order valence-corrected chi connectivity index (χ2v) is 9.85. The van der Waals surface area contributed by atoms with Crippen LogP contribution in [0.3, 0.4) is 0 Å². The van der Waals surface area contributed by atoms with Gasteiger partial charge in [-0.25, -0.2) is 0 Å². The summed E-state index contributed by atoms with van der Waals surface area (Å²) in [6.45, 7) is 7.89. The normalized spacial score (nSPS) is 20.0. The quantitative estimate of drug-likeness (QED) is 0.658. The van der Waals surface area contributed by atoms with Crippen molar-refractivity contribution in [2.24, 2.45) is 5.92 Å². The highest BCUT2D eigenvalue weighted by molar-refractivity contribution is 5.94. The molecule has 182 valence electrons. The molecule has 2 aromatic rings. The molecule has 1 aromatic carbocycles. The van der Waals surface area contributed by atoms with E-state index >= 15 is 0 Å². The number of aliphatic hydroxyl groups excluding tert-OH is 1. The Morgan fingerprint density at radius 2 is 1.97 bits per heavy atom. The van der Waals surface area contributed by atoms with Crippen molar-refractivity contribution in [2.45, 2.75) is 51.7 Å². The third-order valence-corrected chi connectivity index (χ3v) is 7.12. The van der Waals surface area contributed by atoms with Crippen molar-refractivity contribution < 1.29 is 14.7 Å². The number of benzene rings is 1. The summed E-state index contributed by atoms with van der Waals surface area (Å²) in [4.78, 5) is 32.8. The third-order valence-electron chi connectivity index (χ3n) is 7.12. The molecular weight excluding hydrogens is 428 g/mol. The minimum absolute atomic E-state index is 0.136. The summed E-state index contributed by atoms with van der Waals surface area (Å²) in [6.07, 6.45) is 3.78. The van der Waals surface area contributed by atoms with E-state index in [1.165, 1.54) is 11.1 Å². The van der Waals surface area contributed by atoms with E-state index in [9.17, 15) is 14.7 Å². The van der Waals surface area contributed by atoms with Gasteiger partial charge in [-0.1, -0.05) is 31.2 Å². The summed E-state index contributed by atoms with van der Waals surface area (Å²) in [7, 11) is 0. The number of hydrogen-bond acceptors (Lipinski definition) is 5. The first-order valence-corrected chi connectivity index (χ1v) is 12.4. The van der Waals surface area contributed by atoms with Gasteiger partial charge in [0.2, 0.25) is 5.91 Å². The molecule has 2 N–H and O–H groups in total. The zero-order valence-corrected chi connectivity index (χ0v) is 20.2. The fourth-order valence-corrected chi connectivity index (χ4v) is 5.24. The number of fused-ring (bicyclic) bond motifs is 1. The predicted molar refractivity (Wildman–Crippen MR) is 131 cm³/mol. The first kappa shape index (κ1) is 24.4. The molecule has 1 saturated heterocycles. The summed E-state index contributed by atoms with van der Waals surface area (Å²) >= 11 is 0. The number of hydrogen-bond donors (Lipinski definition) is 2. The largest absolute Gasteiger partial charge is 0.390 e. The lowest BCUT2D eigenvalue weighted by Crippen LogP contribution is -2.42. The Kier molecular flexibility index (Phi) is 7.95. The molecule has 1 fully saturated rings. The average molecular weight is 465 g/mol. The van der Waals surface area contributed by atoms with Gasteiger partial charge in [-0.2, -0.15) is 0 Å². The van der Waals surface area contributed by atoms with Crippen molar-refractivity contribution in [3.63, 3.8) is 0 Å². The molecule has 0 aliphatic carbocycles. The van der Waals surface area contributed by atoms with E-state index in [2.05, 4.69) is 46.4 Å². The molecule has 0 bridgehead atoms. The number of aromatic nitrogens is 1. The van der Waals surface area contributed by atoms with Crippen LogP contribution < -0.4 is 5.32 Å². The van der Waals surface area contributed by atoms with E-state index < -0.39 is 6.10 Å². The molecular formula is C27H36N4O3. The van der Waals surface area contributed by atoms with Crippen LogP contribution in [0.4, 0.5) is 0 Å². The molecule has 7 nitrogen and oxygen atoms in total. The van der Waals surface area contributed by atoms with Gasteiger partial charge in [0.05, 0.1) is 6.10 Å². The molecule has 2 atom stereocenters. The minimum Gasteiger partial charge on any atom is -0.390 e. The average Bonchev–Trinajstić information content (AvgIpc) is 2.83. The molecule has 0 spiro atoms. The van der Waals surface area contributed by atoms with Gasteiger partial charge in [0, 0.05) is 63.6 Å². The maximum absolute atomic E-state index is 12.7. The highest BCUT2D eigenvalue weighted by atomic mass is 16.3. The van der Waals surface area contributed by atoms with Gasteiger partial charge in [0.15, 0.2) is 0 Å². The van der Waals surface area contributed by atoms with E-state index in [4.69, 9.17) is 0 Å². The Bertz CT molecular complexity index is 1000. The SMILES string of the molecule is CC(=O)N1CCC(Cc2cc(C(=O)NC[C@H](O)CN3Cc4ccccc4C(C)C3)ccn2)CC1. The Morgan fingerprint density at radius 1 is 1.21 bits per heavy atom. The fourth-order valence-electron chi connectivity index (χ4n) is 5.24. The van der Waals surface area contributed by atoms with Crippen molar-refractivity contribution in [3.8, 4) is 0 Å². The van der Waals surface area contributed by atoms with Gasteiger partial charge in [0.25, 0.3) is 5.91 Å². The summed E-state index contributed by atoms with van der Waals surface area (Å²) in [5.74, 6) is 0.848. The van der Waals surface area contributed by atoms with Crippen molar-refractivity contribution in [1.82, 2.24) is 20.1 Å². The van der Waals surface area contributed by atoms with Crippen molar-refractivity contribution in [3.05, 3.63) is 65.0 Å². The van der Waals surface area contributed by atoms with Crippen LogP contribution in [0.5, 0.6) is 0 Å². The van der Waals surface area contributed by atoms with E-state index in [1.54, 1.807) is 19.2 Å². The van der Waals surface area contributed by atoms with Crippen LogP contribution in [0.25, 0.3) is 0 Å². The molecule has 2 aliphatic rings. The zero-order chi connectivity index (χ0) is 24.1. The first-order chi connectivity index (χ1) is 16.4. The lowest BCUT2D eigenvalue weighted by Gasteiger charge is -2.34. The zero-order valence-electron chi connectivity index (χ0n) is 20.2. The van der Waals surface area contributed by atoms with Crippen LogP contribution in [-0.4, -0.2) is 70.5 Å². The number of amides is 2. The molecule has 1 aromatic heterocycles. The molecule has 2 aliphatic heterocycles. The summed E-state index contributed by atoms with van der Waals surface area (Å²) in [5.41, 5.74) is 4.17. The summed E-state index contributed by atoms with van der Waals surface area (Å²) in [5, 5.41) is 13.4. The number of aliphatic hydroxyl groups is 1. The first-order valence-electron chi connectivity index (χ1n) is 12.4. The molecule has 7 heteroatoms. The summed E-state index contributed by atoms with van der Waals surface area (Å²) < 4.78 is 0. The fraction of sp³-hybridized carbons (Fsp3) is 0.519. The standard InChI is InChI=1S/C27H36N4O3/c1-19-16-30(17-23-5-3-4-6-26(19)23)18-25(33)15-29-27(34)22-7-10-28-24(14-22)13-21-8-11-31(12-9-21)20(2)32/h3-7,10,14,19,21,25,33H,8-9,11-13,15-18H2,1-2H3,(H,29,34)/t19?,25-/m0/s1. The van der Waals surface area contributed by atoms with Crippen molar-refractivity contribution in [2.75, 3.05) is 32.7 Å². The molecule has 34 heavy (non-hydrogen) atoms. The maximum Gasteiger partial charge on any atom is 0.251 e. The number of β-amino-alcohol motifs (C(OH)–C–C–N with tert-alkyl or cyclic N) is 1. The molecule has 3 heterocycles. The highest BCUT2D eigenvalue weighted by Gasteiger charge is 2.24. The van der Waals surface area contributed by atoms with Crippen LogP contribution in [0.15, 0.2) is 42.6 Å². The highest BCUT2D eigenvalue weighted by Crippen LogP contribution is 2.27. The Balaban J connectivity index is 1.24. The van der Waals surface area contributed by atoms with Crippen molar-refractivity contribution >= 4 is 11.8 Å². The summed E-state index contributed by atoms with van der Waals surface area (Å²) in [6, 6.07) is 12.0. The van der Waals surface area contributed by atoms with Crippen LogP contribution >= 0.6 is 0 Å². The number of nitrogens with one attached hydrogen (secondary N) is 1. The van der Waals surface area contributed by atoms with Crippen LogP contribution in [-0.2, 0) is 17.8 Å². The molecule has 1 unspecified atom stereocenters. The number of carbonyl (C=O) groups excluding carboxylic acids is 2. The Hall–Kier alpha value is -2.77. The van der Waals surface area contributed by atoms with Gasteiger partial charge in [0.1, 0.15) is 0 Å². The number of rotatable bonds is 7. The Morgan fingerprint density at radius 3 is 2.74 bits per heavy atom. The molecule has 2 amide bonds. The Labute approximate surface area is 202 Å². The van der Waals surface area contributed by atoms with E-state index in [-0.39, 0.29) is 18.4 Å². The molecule has 0 radical (unpaired) electrons. The van der Waals surface area contributed by atoms with Gasteiger partial charge >= 0.3 is 0 Å². The number of nitrogens with zero attached hydrogens (tertiary/aromatic N) is 3. The van der Waals surface area contributed by atoms with E-state index in [1.807, 2.05) is 11.0 Å². The number of carbonyl (C=O) groups is 2. The van der Waals surface area contributed by atoms with Crippen LogP contribution in [0.2, 0.25) is 0 Å². The monoisotopic (exact) mass is 464 g/mol. The lowest BCUT2D eigenvalue weighted by atomic mass is 9.91. The number of likely N-dealkylation sites (tertiary alicyclic amines) is 1. The number of piperidine rings is 1. The van der Waals surface area contributed by atoms with Gasteiger partial charge in [-0.05, 0) is 54.4 Å². The predicted octanol–water partition coefficient (Wildman–Crippen LogP) is 2.59. The van der Waals surface area contributed by atoms with Gasteiger partial charge in [-0.15, -0.1) is 0 Å². The van der Waals surface area contributed by atoms with E-state index in [0.29, 0.717) is 23.9 Å². The third kappa shape index (κ3) is 6.21. The molecule has 4 rings (SSSR count). The topological polar surface area (TPSA) is 85.8 Å². The number of pyridine rings is 1. The van der Waals surface area contributed by atoms with Crippen LogP contribution in [0, 0.1) is 5.92 Å². The maximum atomic E-state index is 12.7. The van der Waals surface area contributed by atoms with Crippen molar-refractivity contribution in [1.29, 1.82) is 0 Å². The minimum atomic E-state index is -0.630. The second-order valence-electron chi connectivity index (χ2n) is 9.85. The molecule has 0 saturated carbocycles. The van der Waals surface area contributed by atoms with E-state index in [0.717, 1.165) is 51.1 Å².